The van der Waals surface area contributed by atoms with Crippen LogP contribution in [0.4, 0.5) is 5.69 Å². The Labute approximate surface area is 110 Å². The first-order valence-corrected chi connectivity index (χ1v) is 7.75. The highest BCUT2D eigenvalue weighted by Crippen LogP contribution is 2.33. The molecule has 1 aliphatic rings. The van der Waals surface area contributed by atoms with Crippen LogP contribution < -0.4 is 10.5 Å². The first kappa shape index (κ1) is 12.9. The van der Waals surface area contributed by atoms with Crippen molar-refractivity contribution in [2.75, 3.05) is 5.73 Å². The molecule has 0 saturated heterocycles. The number of rotatable bonds is 4. The number of benzene rings is 1. The van der Waals surface area contributed by atoms with Crippen molar-refractivity contribution in [3.8, 4) is 0 Å². The zero-order chi connectivity index (χ0) is 12.6. The summed E-state index contributed by atoms with van der Waals surface area (Å²) in [4.78, 5) is 0.235. The maximum absolute atomic E-state index is 12.1. The van der Waals surface area contributed by atoms with Gasteiger partial charge >= 0.3 is 0 Å². The summed E-state index contributed by atoms with van der Waals surface area (Å²) < 4.78 is 27.4. The maximum Gasteiger partial charge on any atom is 0.241 e. The molecule has 0 heterocycles. The molecule has 17 heavy (non-hydrogen) atoms. The Balaban J connectivity index is 2.24. The Morgan fingerprint density at radius 1 is 1.47 bits per heavy atom. The van der Waals surface area contributed by atoms with Crippen molar-refractivity contribution < 1.29 is 8.42 Å². The lowest BCUT2D eigenvalue weighted by Gasteiger charge is -2.14. The Morgan fingerprint density at radius 2 is 2.12 bits per heavy atom. The minimum absolute atomic E-state index is 0.00977. The third-order valence-electron chi connectivity index (χ3n) is 2.92. The molecule has 0 spiro atoms. The fourth-order valence-corrected chi connectivity index (χ4v) is 4.14. The Morgan fingerprint density at radius 3 is 2.65 bits per heavy atom. The molecular weight excluding hydrogens is 304 g/mol. The Bertz CT molecular complexity index is 526. The van der Waals surface area contributed by atoms with E-state index in [4.69, 9.17) is 5.73 Å². The third kappa shape index (κ3) is 3.00. The fraction of sp³-hybridized carbons (Fsp3) is 0.455. The van der Waals surface area contributed by atoms with Crippen molar-refractivity contribution in [2.45, 2.75) is 30.7 Å². The molecule has 0 aliphatic heterocycles. The van der Waals surface area contributed by atoms with Crippen LogP contribution in [0.2, 0.25) is 0 Å². The molecule has 94 valence electrons. The molecule has 6 heteroatoms. The molecule has 0 aromatic heterocycles. The molecular formula is C11H15BrN2O2S. The number of anilines is 1. The van der Waals surface area contributed by atoms with Crippen molar-refractivity contribution in [2.24, 2.45) is 5.92 Å². The largest absolute Gasteiger partial charge is 0.399 e. The number of nitrogens with two attached hydrogens (primary N) is 1. The van der Waals surface area contributed by atoms with Gasteiger partial charge in [0.05, 0.1) is 4.90 Å². The van der Waals surface area contributed by atoms with Gasteiger partial charge in [0.25, 0.3) is 0 Å². The molecule has 1 aliphatic carbocycles. The summed E-state index contributed by atoms with van der Waals surface area (Å²) in [7, 11) is -3.46. The second-order valence-corrected chi connectivity index (χ2v) is 6.97. The van der Waals surface area contributed by atoms with E-state index in [0.717, 1.165) is 12.8 Å². The van der Waals surface area contributed by atoms with Crippen LogP contribution in [-0.4, -0.2) is 14.5 Å². The topological polar surface area (TPSA) is 72.2 Å². The first-order chi connectivity index (χ1) is 7.90. The summed E-state index contributed by atoms with van der Waals surface area (Å²) in [6, 6.07) is 4.68. The van der Waals surface area contributed by atoms with Crippen LogP contribution in [0.1, 0.15) is 19.8 Å². The molecule has 2 rings (SSSR count). The van der Waals surface area contributed by atoms with Crippen LogP contribution in [0.15, 0.2) is 27.6 Å². The van der Waals surface area contributed by atoms with Crippen molar-refractivity contribution >= 4 is 31.6 Å². The Hall–Kier alpha value is -0.590. The van der Waals surface area contributed by atoms with Gasteiger partial charge in [-0.1, -0.05) is 0 Å². The average Bonchev–Trinajstić information content (AvgIpc) is 2.98. The van der Waals surface area contributed by atoms with E-state index in [2.05, 4.69) is 20.7 Å². The lowest BCUT2D eigenvalue weighted by molar-refractivity contribution is 0.538. The van der Waals surface area contributed by atoms with E-state index in [1.165, 1.54) is 6.07 Å². The maximum atomic E-state index is 12.1. The minimum Gasteiger partial charge on any atom is -0.399 e. The normalized spacial score (nSPS) is 18.0. The second-order valence-electron chi connectivity index (χ2n) is 4.44. The summed E-state index contributed by atoms with van der Waals surface area (Å²) >= 11 is 3.23. The van der Waals surface area contributed by atoms with Gasteiger partial charge in [0.15, 0.2) is 0 Å². The van der Waals surface area contributed by atoms with E-state index in [0.29, 0.717) is 16.1 Å². The van der Waals surface area contributed by atoms with Gasteiger partial charge in [0.2, 0.25) is 10.0 Å². The van der Waals surface area contributed by atoms with Crippen molar-refractivity contribution in [1.82, 2.24) is 4.72 Å². The number of nitrogen functional groups attached to an aromatic ring is 1. The highest BCUT2D eigenvalue weighted by Gasteiger charge is 2.31. The predicted octanol–water partition coefficient (Wildman–Crippen LogP) is 2.11. The summed E-state index contributed by atoms with van der Waals surface area (Å²) in [5.74, 6) is 0.484. The monoisotopic (exact) mass is 318 g/mol. The van der Waals surface area contributed by atoms with E-state index in [9.17, 15) is 8.42 Å². The molecule has 1 aromatic carbocycles. The standard InChI is InChI=1S/C11H15BrN2O2S/c1-7(8-2-3-8)14-17(15,16)11-5-4-9(13)6-10(11)12/h4-8,14H,2-3,13H2,1H3. The summed E-state index contributed by atoms with van der Waals surface area (Å²) in [5, 5.41) is 0. The number of sulfonamides is 1. The SMILES string of the molecule is CC(NS(=O)(=O)c1ccc(N)cc1Br)C1CC1. The van der Waals surface area contributed by atoms with Crippen LogP contribution in [0.25, 0.3) is 0 Å². The van der Waals surface area contributed by atoms with Gasteiger partial charge in [-0.05, 0) is 59.8 Å². The van der Waals surface area contributed by atoms with Crippen LogP contribution in [0, 0.1) is 5.92 Å². The number of nitrogens with one attached hydrogen (secondary N) is 1. The van der Waals surface area contributed by atoms with Gasteiger partial charge in [-0.3, -0.25) is 0 Å². The molecule has 0 amide bonds. The van der Waals surface area contributed by atoms with Crippen LogP contribution >= 0.6 is 15.9 Å². The van der Waals surface area contributed by atoms with E-state index < -0.39 is 10.0 Å². The third-order valence-corrected chi connectivity index (χ3v) is 5.45. The van der Waals surface area contributed by atoms with Crippen LogP contribution in [0.3, 0.4) is 0 Å². The zero-order valence-electron chi connectivity index (χ0n) is 9.48. The molecule has 1 atom stereocenters. The van der Waals surface area contributed by atoms with Crippen molar-refractivity contribution in [1.29, 1.82) is 0 Å². The molecule has 0 bridgehead atoms. The number of halogens is 1. The van der Waals surface area contributed by atoms with E-state index in [1.807, 2.05) is 6.92 Å². The molecule has 1 saturated carbocycles. The quantitative estimate of drug-likeness (QED) is 0.835. The molecule has 0 radical (unpaired) electrons. The minimum atomic E-state index is -3.46. The van der Waals surface area contributed by atoms with Crippen LogP contribution in [-0.2, 0) is 10.0 Å². The molecule has 1 fully saturated rings. The summed E-state index contributed by atoms with van der Waals surface area (Å²) in [6.07, 6.45) is 2.21. The first-order valence-electron chi connectivity index (χ1n) is 5.47. The number of hydrogen-bond acceptors (Lipinski definition) is 3. The molecule has 1 unspecified atom stereocenters. The van der Waals surface area contributed by atoms with Gasteiger partial charge in [-0.15, -0.1) is 0 Å². The van der Waals surface area contributed by atoms with Gasteiger partial charge in [-0.25, -0.2) is 13.1 Å². The van der Waals surface area contributed by atoms with E-state index in [1.54, 1.807) is 12.1 Å². The molecule has 4 nitrogen and oxygen atoms in total. The van der Waals surface area contributed by atoms with E-state index >= 15 is 0 Å². The average molecular weight is 319 g/mol. The molecule has 1 aromatic rings. The summed E-state index contributed by atoms with van der Waals surface area (Å²) in [6.45, 7) is 1.90. The van der Waals surface area contributed by atoms with Gasteiger partial charge < -0.3 is 5.73 Å². The zero-order valence-corrected chi connectivity index (χ0v) is 11.9. The molecule has 3 N–H and O–H groups in total. The number of hydrogen-bond donors (Lipinski definition) is 2. The smallest absolute Gasteiger partial charge is 0.241 e. The van der Waals surface area contributed by atoms with Gasteiger partial charge in [-0.2, -0.15) is 0 Å². The highest BCUT2D eigenvalue weighted by atomic mass is 79.9. The van der Waals surface area contributed by atoms with Gasteiger partial charge in [0.1, 0.15) is 0 Å². The second kappa shape index (κ2) is 4.59. The van der Waals surface area contributed by atoms with Crippen LogP contribution in [0.5, 0.6) is 0 Å². The predicted molar refractivity (Wildman–Crippen MR) is 71.1 cm³/mol. The lowest BCUT2D eigenvalue weighted by atomic mass is 10.2. The fourth-order valence-electron chi connectivity index (χ4n) is 1.74. The van der Waals surface area contributed by atoms with Crippen molar-refractivity contribution in [3.05, 3.63) is 22.7 Å². The lowest BCUT2D eigenvalue weighted by Crippen LogP contribution is -2.34. The van der Waals surface area contributed by atoms with Crippen molar-refractivity contribution in [3.63, 3.8) is 0 Å². The summed E-state index contributed by atoms with van der Waals surface area (Å²) in [5.41, 5.74) is 6.12. The Kier molecular flexibility index (Phi) is 3.47. The van der Waals surface area contributed by atoms with Gasteiger partial charge in [0, 0.05) is 16.2 Å². The highest BCUT2D eigenvalue weighted by molar-refractivity contribution is 9.10. The van der Waals surface area contributed by atoms with E-state index in [-0.39, 0.29) is 10.9 Å².